The molecule has 0 saturated heterocycles. The quantitative estimate of drug-likeness (QED) is 0.651. The number of hydrogen-bond acceptors (Lipinski definition) is 4. The third kappa shape index (κ3) is 9.10. The fourth-order valence-electron chi connectivity index (χ4n) is 2.63. The molecule has 0 fully saturated rings. The largest absolute Gasteiger partial charge is 0.506 e. The van der Waals surface area contributed by atoms with Crippen molar-refractivity contribution in [1.82, 2.24) is 14.7 Å². The molecule has 0 radical (unpaired) electrons. The Morgan fingerprint density at radius 3 is 2.04 bits per heavy atom. The van der Waals surface area contributed by atoms with Crippen LogP contribution in [0.15, 0.2) is 18.2 Å². The van der Waals surface area contributed by atoms with Gasteiger partial charge in [-0.05, 0) is 78.2 Å². The van der Waals surface area contributed by atoms with Gasteiger partial charge in [0, 0.05) is 19.5 Å². The van der Waals surface area contributed by atoms with Crippen LogP contribution >= 0.6 is 11.6 Å². The first-order chi connectivity index (χ1) is 11.8. The molecule has 0 bridgehead atoms. The van der Waals surface area contributed by atoms with Crippen molar-refractivity contribution in [3.63, 3.8) is 0 Å². The lowest BCUT2D eigenvalue weighted by Crippen LogP contribution is -2.35. The second-order valence-corrected chi connectivity index (χ2v) is 7.39. The topological polar surface area (TPSA) is 47.0 Å². The highest BCUT2D eigenvalue weighted by atomic mass is 35.5. The normalized spacial score (nSPS) is 11.3. The van der Waals surface area contributed by atoms with Gasteiger partial charge in [0.1, 0.15) is 5.75 Å². The third-order valence-electron chi connectivity index (χ3n) is 4.06. The molecule has 1 aromatic rings. The minimum Gasteiger partial charge on any atom is -0.506 e. The maximum atomic E-state index is 12.6. The Balaban J connectivity index is 2.54. The van der Waals surface area contributed by atoms with Crippen LogP contribution in [0.5, 0.6) is 5.75 Å². The highest BCUT2D eigenvalue weighted by Gasteiger charge is 2.14. The van der Waals surface area contributed by atoms with E-state index in [9.17, 15) is 9.90 Å². The van der Waals surface area contributed by atoms with E-state index < -0.39 is 0 Å². The first-order valence-electron chi connectivity index (χ1n) is 8.84. The van der Waals surface area contributed by atoms with Gasteiger partial charge < -0.3 is 19.8 Å². The van der Waals surface area contributed by atoms with E-state index in [0.717, 1.165) is 44.6 Å². The van der Waals surface area contributed by atoms with Gasteiger partial charge in [0.25, 0.3) is 0 Å². The fraction of sp³-hybridized carbons (Fsp3) is 0.632. The van der Waals surface area contributed by atoms with Crippen LogP contribution in [0, 0.1) is 0 Å². The van der Waals surface area contributed by atoms with Gasteiger partial charge in [0.05, 0.1) is 5.02 Å². The zero-order valence-electron chi connectivity index (χ0n) is 16.0. The van der Waals surface area contributed by atoms with Gasteiger partial charge in [-0.2, -0.15) is 0 Å². The highest BCUT2D eigenvalue weighted by molar-refractivity contribution is 6.32. The van der Waals surface area contributed by atoms with Crippen molar-refractivity contribution >= 4 is 17.5 Å². The van der Waals surface area contributed by atoms with Crippen LogP contribution in [0.1, 0.15) is 24.8 Å². The Kier molecular flexibility index (Phi) is 9.86. The van der Waals surface area contributed by atoms with Crippen molar-refractivity contribution in [3.05, 3.63) is 28.8 Å². The van der Waals surface area contributed by atoms with Crippen LogP contribution in [0.25, 0.3) is 0 Å². The van der Waals surface area contributed by atoms with Crippen molar-refractivity contribution in [3.8, 4) is 5.75 Å². The van der Waals surface area contributed by atoms with Crippen LogP contribution in [0.4, 0.5) is 0 Å². The number of phenolic OH excluding ortho intramolecular Hbond substituents is 1. The van der Waals surface area contributed by atoms with Gasteiger partial charge in [0.15, 0.2) is 0 Å². The standard InChI is InChI=1S/C19H32ClN3O2/c1-21(2)11-5-13-23(14-6-12-22(3)4)19(25)10-8-16-7-9-18(24)17(20)15-16/h7,9,15,24H,5-6,8,10-14H2,1-4H3. The minimum atomic E-state index is 0.0748. The molecule has 1 rings (SSSR count). The van der Waals surface area contributed by atoms with E-state index in [1.54, 1.807) is 12.1 Å². The molecule has 1 N–H and O–H groups in total. The second kappa shape index (κ2) is 11.3. The van der Waals surface area contributed by atoms with Crippen molar-refractivity contribution in [2.24, 2.45) is 0 Å². The SMILES string of the molecule is CN(C)CCCN(CCCN(C)C)C(=O)CCc1ccc(O)c(Cl)c1. The molecule has 0 aliphatic heterocycles. The van der Waals surface area contributed by atoms with Gasteiger partial charge in [0.2, 0.25) is 5.91 Å². The van der Waals surface area contributed by atoms with E-state index >= 15 is 0 Å². The molecule has 0 unspecified atom stereocenters. The van der Waals surface area contributed by atoms with Crippen LogP contribution in [-0.4, -0.2) is 80.1 Å². The molecule has 0 aliphatic carbocycles. The van der Waals surface area contributed by atoms with Gasteiger partial charge >= 0.3 is 0 Å². The maximum Gasteiger partial charge on any atom is 0.222 e. The Morgan fingerprint density at radius 2 is 1.56 bits per heavy atom. The number of nitrogens with zero attached hydrogens (tertiary/aromatic N) is 3. The number of aryl methyl sites for hydroxylation is 1. The van der Waals surface area contributed by atoms with Crippen molar-refractivity contribution in [2.75, 3.05) is 54.4 Å². The average Bonchev–Trinajstić information content (AvgIpc) is 2.53. The van der Waals surface area contributed by atoms with Crippen molar-refractivity contribution < 1.29 is 9.90 Å². The molecule has 25 heavy (non-hydrogen) atoms. The summed E-state index contributed by atoms with van der Waals surface area (Å²) in [5.74, 6) is 0.257. The molecule has 5 nitrogen and oxygen atoms in total. The lowest BCUT2D eigenvalue weighted by atomic mass is 10.1. The number of amides is 1. The zero-order valence-corrected chi connectivity index (χ0v) is 16.7. The molecule has 6 heteroatoms. The molecule has 1 amide bonds. The van der Waals surface area contributed by atoms with E-state index in [1.165, 1.54) is 0 Å². The number of hydrogen-bond donors (Lipinski definition) is 1. The number of carbonyl (C=O) groups excluding carboxylic acids is 1. The first-order valence-corrected chi connectivity index (χ1v) is 9.22. The Morgan fingerprint density at radius 1 is 1.00 bits per heavy atom. The molecule has 0 heterocycles. The van der Waals surface area contributed by atoms with Crippen molar-refractivity contribution in [1.29, 1.82) is 0 Å². The summed E-state index contributed by atoms with van der Waals surface area (Å²) in [4.78, 5) is 18.9. The smallest absolute Gasteiger partial charge is 0.222 e. The number of halogens is 1. The summed E-state index contributed by atoms with van der Waals surface area (Å²) in [5.41, 5.74) is 0.970. The summed E-state index contributed by atoms with van der Waals surface area (Å²) in [6.07, 6.45) is 3.05. The van der Waals surface area contributed by atoms with Crippen molar-refractivity contribution in [2.45, 2.75) is 25.7 Å². The van der Waals surface area contributed by atoms with E-state index in [-0.39, 0.29) is 11.7 Å². The lowest BCUT2D eigenvalue weighted by Gasteiger charge is -2.24. The number of carbonyl (C=O) groups is 1. The molecule has 0 atom stereocenters. The summed E-state index contributed by atoms with van der Waals surface area (Å²) in [6, 6.07) is 5.12. The van der Waals surface area contributed by atoms with E-state index in [2.05, 4.69) is 9.80 Å². The Bertz CT molecular complexity index is 521. The Hall–Kier alpha value is -1.30. The number of benzene rings is 1. The zero-order chi connectivity index (χ0) is 18.8. The highest BCUT2D eigenvalue weighted by Crippen LogP contribution is 2.24. The van der Waals surface area contributed by atoms with E-state index in [0.29, 0.717) is 17.9 Å². The molecule has 0 spiro atoms. The summed E-state index contributed by atoms with van der Waals surface area (Å²) in [6.45, 7) is 3.54. The molecule has 0 saturated carbocycles. The summed E-state index contributed by atoms with van der Waals surface area (Å²) in [5, 5.41) is 9.81. The monoisotopic (exact) mass is 369 g/mol. The van der Waals surface area contributed by atoms with Crippen LogP contribution < -0.4 is 0 Å². The van der Waals surface area contributed by atoms with Gasteiger partial charge in [-0.1, -0.05) is 17.7 Å². The van der Waals surface area contributed by atoms with Gasteiger partial charge in [-0.3, -0.25) is 4.79 Å². The Labute approximate surface area is 157 Å². The number of rotatable bonds is 11. The second-order valence-electron chi connectivity index (χ2n) is 6.98. The average molecular weight is 370 g/mol. The van der Waals surface area contributed by atoms with Crippen LogP contribution in [-0.2, 0) is 11.2 Å². The van der Waals surface area contributed by atoms with E-state index in [1.807, 2.05) is 39.2 Å². The molecule has 142 valence electrons. The maximum absolute atomic E-state index is 12.6. The molecule has 0 aliphatic rings. The van der Waals surface area contributed by atoms with Crippen LogP contribution in [0.2, 0.25) is 5.02 Å². The molecule has 0 aromatic heterocycles. The predicted molar refractivity (Wildman–Crippen MR) is 104 cm³/mol. The third-order valence-corrected chi connectivity index (χ3v) is 4.36. The minimum absolute atomic E-state index is 0.0748. The van der Waals surface area contributed by atoms with Crippen LogP contribution in [0.3, 0.4) is 0 Å². The summed E-state index contributed by atoms with van der Waals surface area (Å²) in [7, 11) is 8.19. The van der Waals surface area contributed by atoms with Gasteiger partial charge in [-0.15, -0.1) is 0 Å². The first kappa shape index (κ1) is 21.7. The molecule has 1 aromatic carbocycles. The summed E-state index contributed by atoms with van der Waals surface area (Å²) >= 11 is 5.93. The number of aromatic hydroxyl groups is 1. The van der Waals surface area contributed by atoms with E-state index in [4.69, 9.17) is 11.6 Å². The van der Waals surface area contributed by atoms with Gasteiger partial charge in [-0.25, -0.2) is 0 Å². The number of phenols is 1. The lowest BCUT2D eigenvalue weighted by molar-refractivity contribution is -0.131. The fourth-order valence-corrected chi connectivity index (χ4v) is 2.84. The molecular formula is C19H32ClN3O2. The predicted octanol–water partition coefficient (Wildman–Crippen LogP) is 2.71. The summed E-state index contributed by atoms with van der Waals surface area (Å²) < 4.78 is 0. The molecular weight excluding hydrogens is 338 g/mol.